The largest absolute Gasteiger partial charge is 0.252 e. The third kappa shape index (κ3) is 2.25. The first-order valence-electron chi connectivity index (χ1n) is 6.21. The zero-order valence-electron chi connectivity index (χ0n) is 10.4. The van der Waals surface area contributed by atoms with Crippen LogP contribution >= 0.6 is 0 Å². The molecule has 0 fully saturated rings. The van der Waals surface area contributed by atoms with Gasteiger partial charge in [0.1, 0.15) is 0 Å². The van der Waals surface area contributed by atoms with Crippen LogP contribution in [-0.2, 0) is 6.42 Å². The number of hydrogen-bond acceptors (Lipinski definition) is 1. The van der Waals surface area contributed by atoms with Crippen LogP contribution in [0.5, 0.6) is 0 Å². The first-order chi connectivity index (χ1) is 8.81. The molecule has 1 heterocycles. The molecule has 0 amide bonds. The molecule has 0 aliphatic heterocycles. The number of hydrogen-bond donors (Lipinski definition) is 0. The summed E-state index contributed by atoms with van der Waals surface area (Å²) in [5.41, 5.74) is 4.78. The number of aryl methyl sites for hydroxylation is 1. The second-order valence-electron chi connectivity index (χ2n) is 4.66. The van der Waals surface area contributed by atoms with Crippen LogP contribution in [0.15, 0.2) is 60.7 Å². The Labute approximate surface area is 107 Å². The highest BCUT2D eigenvalue weighted by Crippen LogP contribution is 2.16. The summed E-state index contributed by atoms with van der Waals surface area (Å²) in [7, 11) is 0. The molecule has 0 unspecified atom stereocenters. The lowest BCUT2D eigenvalue weighted by Crippen LogP contribution is -1.92. The van der Waals surface area contributed by atoms with Crippen LogP contribution in [-0.4, -0.2) is 4.98 Å². The second-order valence-corrected chi connectivity index (χ2v) is 4.66. The maximum absolute atomic E-state index is 4.71. The average molecular weight is 233 g/mol. The number of nitrogens with zero attached hydrogens (tertiary/aromatic N) is 1. The van der Waals surface area contributed by atoms with E-state index in [4.69, 9.17) is 4.98 Å². The van der Waals surface area contributed by atoms with Crippen molar-refractivity contribution in [3.8, 4) is 0 Å². The highest BCUT2D eigenvalue weighted by Gasteiger charge is 2.00. The lowest BCUT2D eigenvalue weighted by Gasteiger charge is -2.04. The summed E-state index contributed by atoms with van der Waals surface area (Å²) in [6.07, 6.45) is 0.894. The van der Waals surface area contributed by atoms with Crippen LogP contribution in [0.4, 0.5) is 0 Å². The topological polar surface area (TPSA) is 12.9 Å². The van der Waals surface area contributed by atoms with Gasteiger partial charge in [-0.25, -0.2) is 0 Å². The van der Waals surface area contributed by atoms with E-state index in [9.17, 15) is 0 Å². The Morgan fingerprint density at radius 1 is 0.889 bits per heavy atom. The first-order valence-corrected chi connectivity index (χ1v) is 6.21. The molecule has 2 aromatic carbocycles. The normalized spacial score (nSPS) is 10.7. The van der Waals surface area contributed by atoms with Crippen molar-refractivity contribution in [1.82, 2.24) is 4.98 Å². The molecule has 0 bridgehead atoms. The number of rotatable bonds is 2. The molecule has 0 aliphatic rings. The molecule has 0 atom stereocenters. The smallest absolute Gasteiger partial charge is 0.0705 e. The highest BCUT2D eigenvalue weighted by atomic mass is 14.7. The molecule has 1 nitrogen and oxygen atoms in total. The van der Waals surface area contributed by atoms with Crippen LogP contribution in [0, 0.1) is 6.92 Å². The van der Waals surface area contributed by atoms with E-state index in [2.05, 4.69) is 61.5 Å². The maximum atomic E-state index is 4.71. The van der Waals surface area contributed by atoms with E-state index in [1.165, 1.54) is 16.5 Å². The molecule has 3 rings (SSSR count). The molecule has 88 valence electrons. The molecule has 1 heteroatoms. The standard InChI is InChI=1S/C17H15N/c1-13-7-10-17-15(11-13)8-9-16(18-17)12-14-5-3-2-4-6-14/h2-11H,12H2,1H3. The summed E-state index contributed by atoms with van der Waals surface area (Å²) in [5, 5.41) is 1.21. The minimum Gasteiger partial charge on any atom is -0.252 e. The van der Waals surface area contributed by atoms with E-state index in [1.54, 1.807) is 0 Å². The van der Waals surface area contributed by atoms with Crippen LogP contribution < -0.4 is 0 Å². The third-order valence-electron chi connectivity index (χ3n) is 3.13. The van der Waals surface area contributed by atoms with Gasteiger partial charge >= 0.3 is 0 Å². The molecule has 0 N–H and O–H groups in total. The molecule has 0 aliphatic carbocycles. The third-order valence-corrected chi connectivity index (χ3v) is 3.13. The Morgan fingerprint density at radius 2 is 1.72 bits per heavy atom. The van der Waals surface area contributed by atoms with Gasteiger partial charge in [0.15, 0.2) is 0 Å². The van der Waals surface area contributed by atoms with E-state index in [0.717, 1.165) is 17.6 Å². The van der Waals surface area contributed by atoms with Gasteiger partial charge in [0.25, 0.3) is 0 Å². The van der Waals surface area contributed by atoms with Gasteiger partial charge in [0.2, 0.25) is 0 Å². The predicted octanol–water partition coefficient (Wildman–Crippen LogP) is 4.13. The minimum atomic E-state index is 0.894. The summed E-state index contributed by atoms with van der Waals surface area (Å²) in [6.45, 7) is 2.11. The Kier molecular flexibility index (Phi) is 2.81. The molecule has 0 radical (unpaired) electrons. The van der Waals surface area contributed by atoms with Gasteiger partial charge in [-0.2, -0.15) is 0 Å². The zero-order chi connectivity index (χ0) is 12.4. The van der Waals surface area contributed by atoms with Crippen molar-refractivity contribution in [1.29, 1.82) is 0 Å². The molecule has 0 saturated carbocycles. The predicted molar refractivity (Wildman–Crippen MR) is 75.7 cm³/mol. The van der Waals surface area contributed by atoms with Crippen molar-refractivity contribution in [3.63, 3.8) is 0 Å². The van der Waals surface area contributed by atoms with Gasteiger partial charge in [-0.1, -0.05) is 48.0 Å². The van der Waals surface area contributed by atoms with Crippen LogP contribution in [0.25, 0.3) is 10.9 Å². The Hall–Kier alpha value is -2.15. The lowest BCUT2D eigenvalue weighted by atomic mass is 10.1. The molecule has 1 aromatic heterocycles. The number of aromatic nitrogens is 1. The summed E-state index contributed by atoms with van der Waals surface area (Å²) >= 11 is 0. The van der Waals surface area contributed by atoms with Crippen molar-refractivity contribution in [2.45, 2.75) is 13.3 Å². The summed E-state index contributed by atoms with van der Waals surface area (Å²) in [4.78, 5) is 4.71. The monoisotopic (exact) mass is 233 g/mol. The van der Waals surface area contributed by atoms with Gasteiger partial charge in [0.05, 0.1) is 5.52 Å². The minimum absolute atomic E-state index is 0.894. The van der Waals surface area contributed by atoms with Crippen LogP contribution in [0.1, 0.15) is 16.8 Å². The van der Waals surface area contributed by atoms with E-state index in [0.29, 0.717) is 0 Å². The van der Waals surface area contributed by atoms with E-state index in [-0.39, 0.29) is 0 Å². The first kappa shape index (κ1) is 11.0. The van der Waals surface area contributed by atoms with Crippen LogP contribution in [0.3, 0.4) is 0 Å². The van der Waals surface area contributed by atoms with Gasteiger partial charge in [0, 0.05) is 17.5 Å². The summed E-state index contributed by atoms with van der Waals surface area (Å²) in [6, 6.07) is 21.1. The molecular formula is C17H15N. The molecule has 3 aromatic rings. The SMILES string of the molecule is Cc1ccc2nc(Cc3ccccc3)ccc2c1. The fraction of sp³-hybridized carbons (Fsp3) is 0.118. The number of fused-ring (bicyclic) bond motifs is 1. The van der Waals surface area contributed by atoms with Gasteiger partial charge < -0.3 is 0 Å². The van der Waals surface area contributed by atoms with Crippen LogP contribution in [0.2, 0.25) is 0 Å². The Balaban J connectivity index is 1.96. The maximum Gasteiger partial charge on any atom is 0.0705 e. The Morgan fingerprint density at radius 3 is 2.56 bits per heavy atom. The molecule has 0 spiro atoms. The van der Waals surface area contributed by atoms with E-state index < -0.39 is 0 Å². The summed E-state index contributed by atoms with van der Waals surface area (Å²) in [5.74, 6) is 0. The van der Waals surface area contributed by atoms with Crippen molar-refractivity contribution in [2.75, 3.05) is 0 Å². The zero-order valence-corrected chi connectivity index (χ0v) is 10.4. The van der Waals surface area contributed by atoms with Crippen molar-refractivity contribution in [3.05, 3.63) is 77.5 Å². The lowest BCUT2D eigenvalue weighted by molar-refractivity contribution is 1.10. The Bertz CT molecular complexity index is 672. The van der Waals surface area contributed by atoms with Crippen molar-refractivity contribution in [2.24, 2.45) is 0 Å². The number of pyridine rings is 1. The second kappa shape index (κ2) is 4.61. The molecule has 0 saturated heterocycles. The van der Waals surface area contributed by atoms with Gasteiger partial charge in [-0.05, 0) is 30.7 Å². The molecule has 18 heavy (non-hydrogen) atoms. The molecular weight excluding hydrogens is 218 g/mol. The van der Waals surface area contributed by atoms with E-state index >= 15 is 0 Å². The average Bonchev–Trinajstić information content (AvgIpc) is 2.40. The quantitative estimate of drug-likeness (QED) is 0.648. The van der Waals surface area contributed by atoms with E-state index in [1.807, 2.05) is 6.07 Å². The van der Waals surface area contributed by atoms with Gasteiger partial charge in [-0.3, -0.25) is 4.98 Å². The van der Waals surface area contributed by atoms with Crippen molar-refractivity contribution < 1.29 is 0 Å². The fourth-order valence-electron chi connectivity index (χ4n) is 2.19. The highest BCUT2D eigenvalue weighted by molar-refractivity contribution is 5.79. The fourth-order valence-corrected chi connectivity index (χ4v) is 2.19. The number of benzene rings is 2. The van der Waals surface area contributed by atoms with Crippen molar-refractivity contribution >= 4 is 10.9 Å². The summed E-state index contributed by atoms with van der Waals surface area (Å²) < 4.78 is 0. The van der Waals surface area contributed by atoms with Gasteiger partial charge in [-0.15, -0.1) is 0 Å².